The van der Waals surface area contributed by atoms with Crippen LogP contribution in [0.2, 0.25) is 0 Å². The van der Waals surface area contributed by atoms with E-state index in [1.165, 1.54) is 24.3 Å². The van der Waals surface area contributed by atoms with E-state index in [1.54, 1.807) is 19.1 Å². The fraction of sp³-hybridized carbons (Fsp3) is 0.348. The molecule has 0 radical (unpaired) electrons. The van der Waals surface area contributed by atoms with E-state index in [2.05, 4.69) is 0 Å². The molecule has 1 aliphatic rings. The van der Waals surface area contributed by atoms with Gasteiger partial charge < -0.3 is 9.15 Å². The normalized spacial score (nSPS) is 14.4. The van der Waals surface area contributed by atoms with Crippen LogP contribution in [0, 0.1) is 5.82 Å². The Morgan fingerprint density at radius 2 is 1.85 bits per heavy atom. The molecule has 0 atom stereocenters. The second-order valence-corrected chi connectivity index (χ2v) is 12.4. The van der Waals surface area contributed by atoms with E-state index in [9.17, 15) is 26.0 Å². The number of sulfonamides is 1. The van der Waals surface area contributed by atoms with Crippen LogP contribution in [0.15, 0.2) is 40.8 Å². The zero-order valence-corrected chi connectivity index (χ0v) is 20.5. The number of ether oxygens (including phenoxy) is 1. The van der Waals surface area contributed by atoms with E-state index in [-0.39, 0.29) is 35.1 Å². The van der Waals surface area contributed by atoms with Gasteiger partial charge in [0.2, 0.25) is 10.0 Å². The Balaban J connectivity index is 2.02. The highest BCUT2D eigenvalue weighted by molar-refractivity contribution is 7.95. The molecule has 0 amide bonds. The molecule has 0 spiro atoms. The van der Waals surface area contributed by atoms with Crippen molar-refractivity contribution in [3.8, 4) is 11.3 Å². The van der Waals surface area contributed by atoms with Crippen molar-refractivity contribution in [1.82, 2.24) is 0 Å². The van der Waals surface area contributed by atoms with Crippen molar-refractivity contribution in [3.63, 3.8) is 0 Å². The molecule has 1 heterocycles. The summed E-state index contributed by atoms with van der Waals surface area (Å²) in [5.74, 6) is -1.83. The van der Waals surface area contributed by atoms with E-state index >= 15 is 0 Å². The van der Waals surface area contributed by atoms with Gasteiger partial charge in [-0.15, -0.1) is 0 Å². The van der Waals surface area contributed by atoms with Crippen LogP contribution in [0.25, 0.3) is 22.3 Å². The fourth-order valence-electron chi connectivity index (χ4n) is 3.88. The first-order chi connectivity index (χ1) is 15.9. The highest BCUT2D eigenvalue weighted by atomic mass is 32.2. The topological polar surface area (TPSA) is 111 Å². The first kappa shape index (κ1) is 24.2. The van der Waals surface area contributed by atoms with Gasteiger partial charge in [0, 0.05) is 23.3 Å². The number of benzene rings is 2. The van der Waals surface area contributed by atoms with E-state index < -0.39 is 37.5 Å². The van der Waals surface area contributed by atoms with Crippen molar-refractivity contribution in [1.29, 1.82) is 0 Å². The smallest absolute Gasteiger partial charge is 0.342 e. The largest absolute Gasteiger partial charge is 0.462 e. The number of hydrogen-bond donors (Lipinski definition) is 0. The summed E-state index contributed by atoms with van der Waals surface area (Å²) in [6, 6.07) is 8.62. The van der Waals surface area contributed by atoms with Gasteiger partial charge in [-0.2, -0.15) is 0 Å². The summed E-state index contributed by atoms with van der Waals surface area (Å²) in [6.45, 7) is 1.77. The van der Waals surface area contributed by atoms with E-state index in [4.69, 9.17) is 9.15 Å². The Labute approximate surface area is 197 Å². The summed E-state index contributed by atoms with van der Waals surface area (Å²) in [7, 11) is -7.66. The summed E-state index contributed by atoms with van der Waals surface area (Å²) >= 11 is 0. The Bertz CT molecular complexity index is 1490. The standard InChI is InChI=1S/C23H24FNO7S2/c1-4-31-23(26)21-18-11-17(14-8-9-14)19(25(34(3,29)30)13-33(2,27)28)12-20(18)32-22(21)15-6-5-7-16(24)10-15/h5-7,10-12,14H,4,8-9,13H2,1-3H3. The van der Waals surface area contributed by atoms with Crippen molar-refractivity contribution in [2.75, 3.05) is 29.3 Å². The maximum atomic E-state index is 13.9. The molecule has 1 aromatic heterocycles. The lowest BCUT2D eigenvalue weighted by molar-refractivity contribution is 0.0528. The maximum Gasteiger partial charge on any atom is 0.342 e. The number of fused-ring (bicyclic) bond motifs is 1. The number of sulfone groups is 1. The second-order valence-electron chi connectivity index (χ2n) is 8.38. The maximum absolute atomic E-state index is 13.9. The zero-order chi connectivity index (χ0) is 24.8. The quantitative estimate of drug-likeness (QED) is 0.421. The number of nitrogens with zero attached hydrogens (tertiary/aromatic N) is 1. The number of carbonyl (C=O) groups is 1. The minimum absolute atomic E-state index is 0.00535. The molecule has 0 aliphatic heterocycles. The minimum Gasteiger partial charge on any atom is -0.462 e. The molecule has 0 saturated heterocycles. The Kier molecular flexibility index (Phi) is 6.19. The highest BCUT2D eigenvalue weighted by Gasteiger charge is 2.34. The van der Waals surface area contributed by atoms with Gasteiger partial charge in [0.1, 0.15) is 28.6 Å². The SMILES string of the molecule is CCOC(=O)c1c(-c2cccc(F)c2)oc2cc(N(CS(C)(=O)=O)S(C)(=O)=O)c(C3CC3)cc12. The number of esters is 1. The van der Waals surface area contributed by atoms with Crippen LogP contribution in [0.1, 0.15) is 41.6 Å². The Morgan fingerprint density at radius 1 is 1.15 bits per heavy atom. The van der Waals surface area contributed by atoms with Gasteiger partial charge in [0.25, 0.3) is 0 Å². The number of furan rings is 1. The van der Waals surface area contributed by atoms with E-state index in [1.807, 2.05) is 0 Å². The molecule has 1 aliphatic carbocycles. The predicted octanol–water partition coefficient (Wildman–Crippen LogP) is 4.06. The van der Waals surface area contributed by atoms with Gasteiger partial charge in [-0.3, -0.25) is 4.31 Å². The summed E-state index contributed by atoms with van der Waals surface area (Å²) in [6.07, 6.45) is 3.47. The lowest BCUT2D eigenvalue weighted by Crippen LogP contribution is -2.35. The summed E-state index contributed by atoms with van der Waals surface area (Å²) in [5.41, 5.74) is 1.34. The van der Waals surface area contributed by atoms with Crippen molar-refractivity contribution in [2.24, 2.45) is 0 Å². The van der Waals surface area contributed by atoms with Crippen LogP contribution in [0.4, 0.5) is 10.1 Å². The van der Waals surface area contributed by atoms with Crippen molar-refractivity contribution >= 4 is 42.5 Å². The van der Waals surface area contributed by atoms with Crippen LogP contribution in [0.5, 0.6) is 0 Å². The lowest BCUT2D eigenvalue weighted by Gasteiger charge is -2.24. The first-order valence-corrected chi connectivity index (χ1v) is 14.5. The molecule has 1 saturated carbocycles. The number of carbonyl (C=O) groups excluding carboxylic acids is 1. The minimum atomic E-state index is -3.96. The third-order valence-corrected chi connectivity index (χ3v) is 7.46. The molecule has 2 aromatic carbocycles. The molecule has 0 unspecified atom stereocenters. The monoisotopic (exact) mass is 509 g/mol. The van der Waals surface area contributed by atoms with Gasteiger partial charge in [-0.25, -0.2) is 26.0 Å². The van der Waals surface area contributed by atoms with Crippen molar-refractivity contribution < 1.29 is 35.2 Å². The molecule has 34 heavy (non-hydrogen) atoms. The van der Waals surface area contributed by atoms with Crippen molar-refractivity contribution in [3.05, 3.63) is 53.3 Å². The molecule has 8 nitrogen and oxygen atoms in total. The molecule has 0 bridgehead atoms. The summed E-state index contributed by atoms with van der Waals surface area (Å²) < 4.78 is 75.2. The Hall–Kier alpha value is -2.92. The van der Waals surface area contributed by atoms with Gasteiger partial charge >= 0.3 is 5.97 Å². The van der Waals surface area contributed by atoms with Crippen LogP contribution in [-0.2, 0) is 24.6 Å². The third-order valence-electron chi connectivity index (χ3n) is 5.44. The number of anilines is 1. The van der Waals surface area contributed by atoms with E-state index in [0.29, 0.717) is 16.5 Å². The molecule has 0 N–H and O–H groups in total. The van der Waals surface area contributed by atoms with Crippen LogP contribution in [-0.4, -0.2) is 47.8 Å². The van der Waals surface area contributed by atoms with Crippen LogP contribution >= 0.6 is 0 Å². The zero-order valence-electron chi connectivity index (χ0n) is 18.9. The average Bonchev–Trinajstić information content (AvgIpc) is 3.50. The molecule has 11 heteroatoms. The second kappa shape index (κ2) is 8.70. The Morgan fingerprint density at radius 3 is 2.41 bits per heavy atom. The number of halogens is 1. The van der Waals surface area contributed by atoms with Gasteiger partial charge in [0.15, 0.2) is 9.84 Å². The fourth-order valence-corrected chi connectivity index (χ4v) is 6.30. The third kappa shape index (κ3) is 4.95. The number of hydrogen-bond acceptors (Lipinski definition) is 7. The number of rotatable bonds is 8. The van der Waals surface area contributed by atoms with Gasteiger partial charge in [0.05, 0.1) is 18.6 Å². The van der Waals surface area contributed by atoms with Crippen LogP contribution < -0.4 is 4.31 Å². The molecule has 182 valence electrons. The highest BCUT2D eigenvalue weighted by Crippen LogP contribution is 2.48. The summed E-state index contributed by atoms with van der Waals surface area (Å²) in [4.78, 5) is 12.9. The molecule has 3 aromatic rings. The predicted molar refractivity (Wildman–Crippen MR) is 127 cm³/mol. The molecular formula is C23H24FNO7S2. The lowest BCUT2D eigenvalue weighted by atomic mass is 10.0. The van der Waals surface area contributed by atoms with E-state index in [0.717, 1.165) is 29.7 Å². The molecule has 1 fully saturated rings. The van der Waals surface area contributed by atoms with Gasteiger partial charge in [-0.1, -0.05) is 12.1 Å². The van der Waals surface area contributed by atoms with Crippen molar-refractivity contribution in [2.45, 2.75) is 25.7 Å². The molecule has 4 rings (SSSR count). The van der Waals surface area contributed by atoms with Gasteiger partial charge in [-0.05, 0) is 49.4 Å². The first-order valence-electron chi connectivity index (χ1n) is 10.6. The molecular weight excluding hydrogens is 485 g/mol. The summed E-state index contributed by atoms with van der Waals surface area (Å²) in [5, 5.41) is 0.385. The average molecular weight is 510 g/mol. The van der Waals surface area contributed by atoms with Crippen LogP contribution in [0.3, 0.4) is 0 Å².